The van der Waals surface area contributed by atoms with E-state index >= 15 is 0 Å². The number of amides is 2. The molecule has 3 rings (SSSR count). The van der Waals surface area contributed by atoms with Crippen LogP contribution in [0.15, 0.2) is 41.3 Å². The van der Waals surface area contributed by atoms with Crippen LogP contribution in [0.5, 0.6) is 0 Å². The van der Waals surface area contributed by atoms with Crippen molar-refractivity contribution in [3.63, 3.8) is 0 Å². The van der Waals surface area contributed by atoms with Crippen molar-refractivity contribution in [1.29, 1.82) is 0 Å². The summed E-state index contributed by atoms with van der Waals surface area (Å²) in [6, 6.07) is 5.95. The van der Waals surface area contributed by atoms with E-state index in [-0.39, 0.29) is 12.1 Å². The van der Waals surface area contributed by atoms with Crippen molar-refractivity contribution in [3.8, 4) is 0 Å². The highest BCUT2D eigenvalue weighted by atomic mass is 16.3. The van der Waals surface area contributed by atoms with E-state index in [2.05, 4.69) is 10.4 Å². The minimum absolute atomic E-state index is 0.0234. The molecule has 0 saturated heterocycles. The van der Waals surface area contributed by atoms with E-state index in [9.17, 15) is 4.79 Å². The number of aromatic nitrogens is 2. The molecule has 0 spiro atoms. The predicted molar refractivity (Wildman–Crippen MR) is 77.5 cm³/mol. The van der Waals surface area contributed by atoms with Crippen molar-refractivity contribution in [2.75, 3.05) is 0 Å². The molecule has 2 aromatic rings. The van der Waals surface area contributed by atoms with E-state index < -0.39 is 0 Å². The van der Waals surface area contributed by atoms with Gasteiger partial charge >= 0.3 is 6.03 Å². The van der Waals surface area contributed by atoms with Gasteiger partial charge in [-0.05, 0) is 38.0 Å². The molecule has 21 heavy (non-hydrogen) atoms. The van der Waals surface area contributed by atoms with Crippen LogP contribution in [0.1, 0.15) is 25.5 Å². The van der Waals surface area contributed by atoms with Crippen LogP contribution < -0.4 is 5.32 Å². The maximum Gasteiger partial charge on any atom is 0.318 e. The second kappa shape index (κ2) is 6.03. The summed E-state index contributed by atoms with van der Waals surface area (Å²) in [6.07, 6.45) is 7.41. The summed E-state index contributed by atoms with van der Waals surface area (Å²) in [7, 11) is 0. The SMILES string of the molecule is C[C@@H](Cn1cccn1)NC(=O)N(Cc1ccco1)C1CC1. The van der Waals surface area contributed by atoms with Crippen LogP contribution in [-0.2, 0) is 13.1 Å². The van der Waals surface area contributed by atoms with Gasteiger partial charge in [-0.25, -0.2) is 4.79 Å². The summed E-state index contributed by atoms with van der Waals surface area (Å²) in [5.74, 6) is 0.816. The van der Waals surface area contributed by atoms with Gasteiger partial charge in [0.1, 0.15) is 5.76 Å². The van der Waals surface area contributed by atoms with E-state index in [4.69, 9.17) is 4.42 Å². The van der Waals surface area contributed by atoms with E-state index in [1.54, 1.807) is 12.5 Å². The van der Waals surface area contributed by atoms with Gasteiger partial charge < -0.3 is 14.6 Å². The number of hydrogen-bond donors (Lipinski definition) is 1. The Morgan fingerprint density at radius 2 is 2.43 bits per heavy atom. The Morgan fingerprint density at radius 3 is 3.05 bits per heavy atom. The summed E-state index contributed by atoms with van der Waals surface area (Å²) in [4.78, 5) is 14.3. The normalized spacial score (nSPS) is 15.7. The molecule has 1 atom stereocenters. The van der Waals surface area contributed by atoms with Gasteiger partial charge in [0.2, 0.25) is 0 Å². The number of furan rings is 1. The van der Waals surface area contributed by atoms with Gasteiger partial charge in [0.05, 0.1) is 19.4 Å². The monoisotopic (exact) mass is 288 g/mol. The largest absolute Gasteiger partial charge is 0.467 e. The molecule has 1 aliphatic carbocycles. The van der Waals surface area contributed by atoms with Crippen molar-refractivity contribution in [2.24, 2.45) is 0 Å². The van der Waals surface area contributed by atoms with Gasteiger partial charge in [0, 0.05) is 24.5 Å². The van der Waals surface area contributed by atoms with Gasteiger partial charge in [0.25, 0.3) is 0 Å². The lowest BCUT2D eigenvalue weighted by Gasteiger charge is -2.24. The molecule has 1 N–H and O–H groups in total. The minimum Gasteiger partial charge on any atom is -0.467 e. The molecule has 2 aromatic heterocycles. The Labute approximate surface area is 123 Å². The number of nitrogens with zero attached hydrogens (tertiary/aromatic N) is 3. The molecule has 6 nitrogen and oxygen atoms in total. The summed E-state index contributed by atoms with van der Waals surface area (Å²) < 4.78 is 7.16. The molecule has 0 unspecified atom stereocenters. The van der Waals surface area contributed by atoms with Gasteiger partial charge in [0.15, 0.2) is 0 Å². The van der Waals surface area contributed by atoms with Crippen LogP contribution in [-0.4, -0.2) is 32.8 Å². The third-order valence-corrected chi connectivity index (χ3v) is 3.54. The van der Waals surface area contributed by atoms with Gasteiger partial charge in [-0.1, -0.05) is 0 Å². The zero-order valence-electron chi connectivity index (χ0n) is 12.1. The fourth-order valence-corrected chi connectivity index (χ4v) is 2.35. The van der Waals surface area contributed by atoms with Crippen molar-refractivity contribution >= 4 is 6.03 Å². The van der Waals surface area contributed by atoms with Crippen molar-refractivity contribution in [2.45, 2.75) is 44.9 Å². The smallest absolute Gasteiger partial charge is 0.318 e. The second-order valence-corrected chi connectivity index (χ2v) is 5.52. The third-order valence-electron chi connectivity index (χ3n) is 3.54. The second-order valence-electron chi connectivity index (χ2n) is 5.52. The molecule has 112 valence electrons. The average Bonchev–Trinajstić information content (AvgIpc) is 2.94. The topological polar surface area (TPSA) is 63.3 Å². The first-order chi connectivity index (χ1) is 10.2. The number of carbonyl (C=O) groups is 1. The molecule has 0 radical (unpaired) electrons. The molecular weight excluding hydrogens is 268 g/mol. The molecule has 2 heterocycles. The number of rotatable bonds is 6. The highest BCUT2D eigenvalue weighted by molar-refractivity contribution is 5.75. The lowest BCUT2D eigenvalue weighted by atomic mass is 10.3. The Bertz CT molecular complexity index is 561. The molecule has 2 amide bonds. The molecule has 0 bridgehead atoms. The zero-order valence-corrected chi connectivity index (χ0v) is 12.1. The lowest BCUT2D eigenvalue weighted by molar-refractivity contribution is 0.182. The van der Waals surface area contributed by atoms with E-state index in [1.165, 1.54) is 0 Å². The highest BCUT2D eigenvalue weighted by Crippen LogP contribution is 2.28. The lowest BCUT2D eigenvalue weighted by Crippen LogP contribution is -2.45. The number of carbonyl (C=O) groups excluding carboxylic acids is 1. The fraction of sp³-hybridized carbons (Fsp3) is 0.467. The number of nitrogens with one attached hydrogen (secondary N) is 1. The predicted octanol–water partition coefficient (Wildman–Crippen LogP) is 2.24. The quantitative estimate of drug-likeness (QED) is 0.886. The number of urea groups is 1. The molecule has 0 aliphatic heterocycles. The maximum atomic E-state index is 12.4. The average molecular weight is 288 g/mol. The highest BCUT2D eigenvalue weighted by Gasteiger charge is 2.33. The number of hydrogen-bond acceptors (Lipinski definition) is 3. The molecule has 1 saturated carbocycles. The van der Waals surface area contributed by atoms with Crippen LogP contribution in [0.4, 0.5) is 4.79 Å². The third kappa shape index (κ3) is 3.65. The summed E-state index contributed by atoms with van der Waals surface area (Å²) in [6.45, 7) is 3.17. The molecule has 1 aliphatic rings. The Hall–Kier alpha value is -2.24. The Morgan fingerprint density at radius 1 is 1.57 bits per heavy atom. The standard InChI is InChI=1S/C15H20N4O2/c1-12(10-18-8-3-7-16-18)17-15(20)19(13-5-6-13)11-14-4-2-9-21-14/h2-4,7-9,12-13H,5-6,10-11H2,1H3,(H,17,20)/t12-/m0/s1. The molecular formula is C15H20N4O2. The van der Waals surface area contributed by atoms with Gasteiger partial charge in [-0.2, -0.15) is 5.10 Å². The van der Waals surface area contributed by atoms with Gasteiger partial charge in [-0.3, -0.25) is 4.68 Å². The first-order valence-electron chi connectivity index (χ1n) is 7.29. The summed E-state index contributed by atoms with van der Waals surface area (Å²) in [5.41, 5.74) is 0. The van der Waals surface area contributed by atoms with Crippen LogP contribution in [0.3, 0.4) is 0 Å². The first-order valence-corrected chi connectivity index (χ1v) is 7.29. The summed E-state index contributed by atoms with van der Waals surface area (Å²) >= 11 is 0. The Balaban J connectivity index is 1.56. The van der Waals surface area contributed by atoms with Crippen LogP contribution in [0.25, 0.3) is 0 Å². The van der Waals surface area contributed by atoms with Crippen molar-refractivity contribution in [3.05, 3.63) is 42.6 Å². The fourth-order valence-electron chi connectivity index (χ4n) is 2.35. The van der Waals surface area contributed by atoms with Crippen LogP contribution in [0.2, 0.25) is 0 Å². The first kappa shape index (κ1) is 13.7. The Kier molecular flexibility index (Phi) is 3.94. The van der Waals surface area contributed by atoms with E-state index in [0.717, 1.165) is 18.6 Å². The van der Waals surface area contributed by atoms with Crippen LogP contribution >= 0.6 is 0 Å². The van der Waals surface area contributed by atoms with E-state index in [0.29, 0.717) is 19.1 Å². The van der Waals surface area contributed by atoms with Crippen molar-refractivity contribution in [1.82, 2.24) is 20.0 Å². The van der Waals surface area contributed by atoms with Crippen LogP contribution in [0, 0.1) is 0 Å². The molecule has 1 fully saturated rings. The molecule has 6 heteroatoms. The molecule has 0 aromatic carbocycles. The zero-order chi connectivity index (χ0) is 14.7. The maximum absolute atomic E-state index is 12.4. The van der Waals surface area contributed by atoms with Gasteiger partial charge in [-0.15, -0.1) is 0 Å². The minimum atomic E-state index is -0.0337. The van der Waals surface area contributed by atoms with E-state index in [1.807, 2.05) is 40.9 Å². The van der Waals surface area contributed by atoms with Crippen molar-refractivity contribution < 1.29 is 9.21 Å². The summed E-state index contributed by atoms with van der Waals surface area (Å²) in [5, 5.41) is 7.19.